The first kappa shape index (κ1) is 13.8. The highest BCUT2D eigenvalue weighted by atomic mass is 35.5. The molecule has 0 bridgehead atoms. The van der Waals surface area contributed by atoms with Gasteiger partial charge in [-0.3, -0.25) is 0 Å². The molecule has 1 aliphatic carbocycles. The predicted molar refractivity (Wildman–Crippen MR) is 74.3 cm³/mol. The van der Waals surface area contributed by atoms with Gasteiger partial charge in [0.25, 0.3) is 0 Å². The van der Waals surface area contributed by atoms with Crippen molar-refractivity contribution in [3.8, 4) is 0 Å². The van der Waals surface area contributed by atoms with Crippen LogP contribution >= 0.6 is 11.6 Å². The molecule has 0 amide bonds. The molecule has 0 aliphatic heterocycles. The summed E-state index contributed by atoms with van der Waals surface area (Å²) < 4.78 is 13.3. The maximum atomic E-state index is 13.3. The van der Waals surface area contributed by atoms with Gasteiger partial charge in [-0.2, -0.15) is 0 Å². The minimum Gasteiger partial charge on any atom is -0.310 e. The second-order valence-electron chi connectivity index (χ2n) is 5.26. The van der Waals surface area contributed by atoms with E-state index in [-0.39, 0.29) is 10.8 Å². The summed E-state index contributed by atoms with van der Waals surface area (Å²) in [5.74, 6) is 0.585. The fourth-order valence-corrected chi connectivity index (χ4v) is 2.80. The molecule has 0 unspecified atom stereocenters. The summed E-state index contributed by atoms with van der Waals surface area (Å²) >= 11 is 5.67. The van der Waals surface area contributed by atoms with Gasteiger partial charge in [0, 0.05) is 12.6 Å². The quantitative estimate of drug-likeness (QED) is 0.846. The maximum Gasteiger partial charge on any atom is 0.142 e. The van der Waals surface area contributed by atoms with Gasteiger partial charge >= 0.3 is 0 Å². The molecular formula is C15H21ClFN. The summed E-state index contributed by atoms with van der Waals surface area (Å²) in [5.41, 5.74) is 0.967. The van der Waals surface area contributed by atoms with Gasteiger partial charge in [-0.25, -0.2) is 4.39 Å². The van der Waals surface area contributed by atoms with E-state index in [9.17, 15) is 4.39 Å². The van der Waals surface area contributed by atoms with Crippen LogP contribution in [0.5, 0.6) is 0 Å². The molecule has 1 aliphatic rings. The summed E-state index contributed by atoms with van der Waals surface area (Å²) in [6.07, 6.45) is 6.44. The van der Waals surface area contributed by atoms with Crippen LogP contribution in [0, 0.1) is 11.7 Å². The number of halogens is 2. The van der Waals surface area contributed by atoms with E-state index in [1.165, 1.54) is 38.2 Å². The Morgan fingerprint density at radius 3 is 2.61 bits per heavy atom. The van der Waals surface area contributed by atoms with E-state index in [0.717, 1.165) is 18.0 Å². The van der Waals surface area contributed by atoms with E-state index >= 15 is 0 Å². The van der Waals surface area contributed by atoms with Crippen molar-refractivity contribution in [2.75, 3.05) is 0 Å². The summed E-state index contributed by atoms with van der Waals surface area (Å²) in [6.45, 7) is 3.00. The van der Waals surface area contributed by atoms with Crippen LogP contribution in [-0.2, 0) is 6.54 Å². The Balaban J connectivity index is 1.79. The van der Waals surface area contributed by atoms with Gasteiger partial charge in [0.15, 0.2) is 0 Å². The van der Waals surface area contributed by atoms with Gasteiger partial charge in [0.2, 0.25) is 0 Å². The van der Waals surface area contributed by atoms with Crippen LogP contribution in [0.3, 0.4) is 0 Å². The molecule has 0 spiro atoms. The first-order valence-corrected chi connectivity index (χ1v) is 7.24. The molecule has 3 heteroatoms. The third-order valence-electron chi connectivity index (χ3n) is 4.00. The molecule has 0 aromatic heterocycles. The Bertz CT molecular complexity index is 386. The molecule has 1 nitrogen and oxygen atoms in total. The van der Waals surface area contributed by atoms with Crippen LogP contribution in [0.25, 0.3) is 0 Å². The second-order valence-corrected chi connectivity index (χ2v) is 5.66. The van der Waals surface area contributed by atoms with Crippen molar-refractivity contribution >= 4 is 11.6 Å². The minimum atomic E-state index is -0.328. The van der Waals surface area contributed by atoms with Gasteiger partial charge < -0.3 is 5.32 Å². The maximum absolute atomic E-state index is 13.3. The average Bonchev–Trinajstić information content (AvgIpc) is 2.41. The Morgan fingerprint density at radius 2 is 2.00 bits per heavy atom. The van der Waals surface area contributed by atoms with Crippen molar-refractivity contribution in [1.82, 2.24) is 5.32 Å². The van der Waals surface area contributed by atoms with E-state index in [1.54, 1.807) is 6.07 Å². The molecule has 100 valence electrons. The van der Waals surface area contributed by atoms with Crippen molar-refractivity contribution in [1.29, 1.82) is 0 Å². The predicted octanol–water partition coefficient (Wildman–Crippen LogP) is 4.54. The number of rotatable bonds is 4. The standard InChI is InChI=1S/C15H21ClFN/c1-2-11-3-6-13(7-4-11)18-10-12-5-8-14(16)15(17)9-12/h5,8-9,11,13,18H,2-4,6-7,10H2,1H3. The molecule has 1 aromatic rings. The number of hydrogen-bond donors (Lipinski definition) is 1. The Kier molecular flexibility index (Phi) is 5.02. The van der Waals surface area contributed by atoms with Gasteiger partial charge in [0.1, 0.15) is 5.82 Å². The molecule has 0 heterocycles. The molecule has 18 heavy (non-hydrogen) atoms. The van der Waals surface area contributed by atoms with Crippen molar-refractivity contribution in [3.05, 3.63) is 34.6 Å². The van der Waals surface area contributed by atoms with E-state index in [0.29, 0.717) is 6.04 Å². The number of hydrogen-bond acceptors (Lipinski definition) is 1. The van der Waals surface area contributed by atoms with E-state index in [1.807, 2.05) is 6.07 Å². The van der Waals surface area contributed by atoms with Crippen molar-refractivity contribution in [3.63, 3.8) is 0 Å². The lowest BCUT2D eigenvalue weighted by Crippen LogP contribution is -2.32. The lowest BCUT2D eigenvalue weighted by Gasteiger charge is -2.28. The van der Waals surface area contributed by atoms with Crippen LogP contribution in [0.2, 0.25) is 5.02 Å². The van der Waals surface area contributed by atoms with E-state index in [4.69, 9.17) is 11.6 Å². The molecule has 1 fully saturated rings. The topological polar surface area (TPSA) is 12.0 Å². The molecule has 2 rings (SSSR count). The minimum absolute atomic E-state index is 0.196. The average molecular weight is 270 g/mol. The highest BCUT2D eigenvalue weighted by Gasteiger charge is 2.19. The molecule has 0 saturated heterocycles. The molecule has 1 aromatic carbocycles. The fraction of sp³-hybridized carbons (Fsp3) is 0.600. The molecule has 0 atom stereocenters. The Hall–Kier alpha value is -0.600. The van der Waals surface area contributed by atoms with Crippen molar-refractivity contribution in [2.45, 2.75) is 51.6 Å². The molecule has 1 saturated carbocycles. The Labute approximate surface area is 114 Å². The van der Waals surface area contributed by atoms with Crippen molar-refractivity contribution in [2.24, 2.45) is 5.92 Å². The van der Waals surface area contributed by atoms with E-state index in [2.05, 4.69) is 12.2 Å². The zero-order valence-corrected chi connectivity index (χ0v) is 11.6. The zero-order chi connectivity index (χ0) is 13.0. The molecule has 1 N–H and O–H groups in total. The van der Waals surface area contributed by atoms with Gasteiger partial charge in [0.05, 0.1) is 5.02 Å². The van der Waals surface area contributed by atoms with Gasteiger partial charge in [-0.15, -0.1) is 0 Å². The fourth-order valence-electron chi connectivity index (χ4n) is 2.69. The zero-order valence-electron chi connectivity index (χ0n) is 10.9. The largest absolute Gasteiger partial charge is 0.310 e. The lowest BCUT2D eigenvalue weighted by atomic mass is 9.84. The van der Waals surface area contributed by atoms with Gasteiger partial charge in [-0.05, 0) is 49.3 Å². The molecule has 0 radical (unpaired) electrons. The third-order valence-corrected chi connectivity index (χ3v) is 4.31. The van der Waals surface area contributed by atoms with E-state index < -0.39 is 0 Å². The first-order chi connectivity index (χ1) is 8.69. The highest BCUT2D eigenvalue weighted by Crippen LogP contribution is 2.26. The lowest BCUT2D eigenvalue weighted by molar-refractivity contribution is 0.285. The van der Waals surface area contributed by atoms with Crippen LogP contribution in [0.4, 0.5) is 4.39 Å². The summed E-state index contributed by atoms with van der Waals surface area (Å²) in [6, 6.07) is 5.62. The summed E-state index contributed by atoms with van der Waals surface area (Å²) in [7, 11) is 0. The highest BCUT2D eigenvalue weighted by molar-refractivity contribution is 6.30. The molecular weight excluding hydrogens is 249 g/mol. The third kappa shape index (κ3) is 3.69. The van der Waals surface area contributed by atoms with Crippen LogP contribution in [-0.4, -0.2) is 6.04 Å². The number of nitrogens with one attached hydrogen (secondary N) is 1. The number of benzene rings is 1. The normalized spacial score (nSPS) is 24.2. The van der Waals surface area contributed by atoms with Gasteiger partial charge in [-0.1, -0.05) is 31.0 Å². The first-order valence-electron chi connectivity index (χ1n) is 6.86. The monoisotopic (exact) mass is 269 g/mol. The Morgan fingerprint density at radius 1 is 1.28 bits per heavy atom. The van der Waals surface area contributed by atoms with Crippen LogP contribution in [0.15, 0.2) is 18.2 Å². The van der Waals surface area contributed by atoms with Crippen molar-refractivity contribution < 1.29 is 4.39 Å². The smallest absolute Gasteiger partial charge is 0.142 e. The summed E-state index contributed by atoms with van der Waals surface area (Å²) in [4.78, 5) is 0. The van der Waals surface area contributed by atoms with Crippen LogP contribution in [0.1, 0.15) is 44.6 Å². The van der Waals surface area contributed by atoms with Crippen LogP contribution < -0.4 is 5.32 Å². The summed E-state index contributed by atoms with van der Waals surface area (Å²) in [5, 5.41) is 3.72. The second kappa shape index (κ2) is 6.53. The SMILES string of the molecule is CCC1CCC(NCc2ccc(Cl)c(F)c2)CC1.